The zero-order chi connectivity index (χ0) is 18.4. The minimum Gasteiger partial charge on any atom is -0.326 e. The largest absolute Gasteiger partial charge is 0.326 e. The van der Waals surface area contributed by atoms with Crippen LogP contribution < -0.4 is 21.3 Å². The number of anilines is 3. The molecule has 0 saturated carbocycles. The lowest BCUT2D eigenvalue weighted by molar-refractivity contribution is -0.120. The second-order valence-electron chi connectivity index (χ2n) is 6.18. The summed E-state index contributed by atoms with van der Waals surface area (Å²) in [5.41, 5.74) is 2.01. The highest BCUT2D eigenvalue weighted by atomic mass is 35.5. The highest BCUT2D eigenvalue weighted by molar-refractivity contribution is 6.30. The fraction of sp³-hybridized carbons (Fsp3) is 0.263. The maximum Gasteiger partial charge on any atom is 0.323 e. The van der Waals surface area contributed by atoms with Crippen molar-refractivity contribution in [1.82, 2.24) is 5.32 Å². The second-order valence-corrected chi connectivity index (χ2v) is 6.61. The van der Waals surface area contributed by atoms with Gasteiger partial charge in [0.25, 0.3) is 0 Å². The average Bonchev–Trinajstić information content (AvgIpc) is 2.66. The molecule has 1 heterocycles. The molecule has 0 spiro atoms. The SMILES string of the molecule is O=C(Nc1ccc(Cl)cc1)Nc1ccc(NC(=O)C2CCNCC2)cc1. The van der Waals surface area contributed by atoms with E-state index in [1.807, 2.05) is 0 Å². The van der Waals surface area contributed by atoms with Crippen LogP contribution in [0.25, 0.3) is 0 Å². The molecule has 7 heteroatoms. The highest BCUT2D eigenvalue weighted by Gasteiger charge is 2.20. The van der Waals surface area contributed by atoms with Gasteiger partial charge in [-0.3, -0.25) is 4.79 Å². The molecule has 0 bridgehead atoms. The number of rotatable bonds is 4. The van der Waals surface area contributed by atoms with Crippen molar-refractivity contribution in [2.75, 3.05) is 29.0 Å². The number of benzene rings is 2. The van der Waals surface area contributed by atoms with Gasteiger partial charge in [0.15, 0.2) is 0 Å². The number of hydrogen-bond donors (Lipinski definition) is 4. The molecule has 2 aromatic carbocycles. The number of hydrogen-bond acceptors (Lipinski definition) is 3. The molecule has 2 aromatic rings. The van der Waals surface area contributed by atoms with Gasteiger partial charge in [0.2, 0.25) is 5.91 Å². The lowest BCUT2D eigenvalue weighted by Gasteiger charge is -2.21. The lowest BCUT2D eigenvalue weighted by Crippen LogP contribution is -2.34. The Morgan fingerprint density at radius 1 is 0.808 bits per heavy atom. The fourth-order valence-electron chi connectivity index (χ4n) is 2.79. The Bertz CT molecular complexity index is 756. The summed E-state index contributed by atoms with van der Waals surface area (Å²) in [4.78, 5) is 24.2. The van der Waals surface area contributed by atoms with Crippen molar-refractivity contribution in [3.8, 4) is 0 Å². The Morgan fingerprint density at radius 2 is 1.27 bits per heavy atom. The normalized spacial score (nSPS) is 14.5. The molecule has 6 nitrogen and oxygen atoms in total. The molecule has 1 aliphatic rings. The molecular weight excluding hydrogens is 352 g/mol. The molecule has 1 fully saturated rings. The second kappa shape index (κ2) is 8.69. The van der Waals surface area contributed by atoms with E-state index in [9.17, 15) is 9.59 Å². The zero-order valence-corrected chi connectivity index (χ0v) is 15.0. The summed E-state index contributed by atoms with van der Waals surface area (Å²) in [5, 5.41) is 12.3. The lowest BCUT2D eigenvalue weighted by atomic mass is 9.97. The van der Waals surface area contributed by atoms with Crippen molar-refractivity contribution in [3.05, 3.63) is 53.6 Å². The molecule has 3 amide bonds. The molecule has 0 unspecified atom stereocenters. The highest BCUT2D eigenvalue weighted by Crippen LogP contribution is 2.18. The molecule has 4 N–H and O–H groups in total. The number of halogens is 1. The van der Waals surface area contributed by atoms with Gasteiger partial charge >= 0.3 is 6.03 Å². The van der Waals surface area contributed by atoms with E-state index in [4.69, 9.17) is 11.6 Å². The van der Waals surface area contributed by atoms with Crippen molar-refractivity contribution >= 4 is 40.6 Å². The van der Waals surface area contributed by atoms with E-state index in [1.165, 1.54) is 0 Å². The third-order valence-corrected chi connectivity index (χ3v) is 4.47. The number of carbonyl (C=O) groups excluding carboxylic acids is 2. The Morgan fingerprint density at radius 3 is 1.81 bits per heavy atom. The van der Waals surface area contributed by atoms with Gasteiger partial charge < -0.3 is 21.3 Å². The topological polar surface area (TPSA) is 82.3 Å². The Hall–Kier alpha value is -2.57. The molecule has 0 radical (unpaired) electrons. The monoisotopic (exact) mass is 372 g/mol. The summed E-state index contributed by atoms with van der Waals surface area (Å²) in [6.45, 7) is 1.76. The van der Waals surface area contributed by atoms with Crippen LogP contribution in [0, 0.1) is 5.92 Å². The Balaban J connectivity index is 1.51. The van der Waals surface area contributed by atoms with Gasteiger partial charge in [-0.25, -0.2) is 4.79 Å². The maximum absolute atomic E-state index is 12.2. The first-order valence-electron chi connectivity index (χ1n) is 8.55. The summed E-state index contributed by atoms with van der Waals surface area (Å²) < 4.78 is 0. The van der Waals surface area contributed by atoms with Gasteiger partial charge in [0.1, 0.15) is 0 Å². The van der Waals surface area contributed by atoms with Crippen LogP contribution in [0.3, 0.4) is 0 Å². The standard InChI is InChI=1S/C19H21ClN4O2/c20-14-1-3-16(4-2-14)23-19(26)24-17-7-5-15(6-8-17)22-18(25)13-9-11-21-12-10-13/h1-8,13,21H,9-12H2,(H,22,25)(H2,23,24,26). The minimum atomic E-state index is -0.348. The molecule has 0 aromatic heterocycles. The van der Waals surface area contributed by atoms with E-state index >= 15 is 0 Å². The predicted octanol–water partition coefficient (Wildman–Crippen LogP) is 3.92. The van der Waals surface area contributed by atoms with Crippen LogP contribution in [-0.2, 0) is 4.79 Å². The van der Waals surface area contributed by atoms with Crippen molar-refractivity contribution in [1.29, 1.82) is 0 Å². The summed E-state index contributed by atoms with van der Waals surface area (Å²) >= 11 is 5.82. The van der Waals surface area contributed by atoms with E-state index in [1.54, 1.807) is 48.5 Å². The minimum absolute atomic E-state index is 0.0488. The van der Waals surface area contributed by atoms with Gasteiger partial charge in [0.05, 0.1) is 0 Å². The van der Waals surface area contributed by atoms with Crippen LogP contribution in [0.1, 0.15) is 12.8 Å². The molecule has 3 rings (SSSR count). The number of carbonyl (C=O) groups is 2. The van der Waals surface area contributed by atoms with E-state index in [0.29, 0.717) is 16.4 Å². The summed E-state index contributed by atoms with van der Waals surface area (Å²) in [7, 11) is 0. The van der Waals surface area contributed by atoms with Gasteiger partial charge in [-0.2, -0.15) is 0 Å². The molecule has 26 heavy (non-hydrogen) atoms. The van der Waals surface area contributed by atoms with Gasteiger partial charge in [-0.1, -0.05) is 11.6 Å². The van der Waals surface area contributed by atoms with Crippen LogP contribution in [0.15, 0.2) is 48.5 Å². The van der Waals surface area contributed by atoms with Crippen molar-refractivity contribution in [3.63, 3.8) is 0 Å². The molecular formula is C19H21ClN4O2. The van der Waals surface area contributed by atoms with E-state index in [0.717, 1.165) is 31.6 Å². The van der Waals surface area contributed by atoms with E-state index < -0.39 is 0 Å². The van der Waals surface area contributed by atoms with Crippen LogP contribution >= 0.6 is 11.6 Å². The smallest absolute Gasteiger partial charge is 0.323 e. The molecule has 1 saturated heterocycles. The van der Waals surface area contributed by atoms with Crippen LogP contribution in [-0.4, -0.2) is 25.0 Å². The number of urea groups is 1. The van der Waals surface area contributed by atoms with E-state index in [2.05, 4.69) is 21.3 Å². The van der Waals surface area contributed by atoms with Crippen LogP contribution in [0.5, 0.6) is 0 Å². The van der Waals surface area contributed by atoms with Crippen molar-refractivity contribution < 1.29 is 9.59 Å². The van der Waals surface area contributed by atoms with Crippen LogP contribution in [0.2, 0.25) is 5.02 Å². The van der Waals surface area contributed by atoms with Gasteiger partial charge in [-0.05, 0) is 74.5 Å². The van der Waals surface area contributed by atoms with Gasteiger partial charge in [-0.15, -0.1) is 0 Å². The van der Waals surface area contributed by atoms with Crippen molar-refractivity contribution in [2.45, 2.75) is 12.8 Å². The first kappa shape index (κ1) is 18.2. The molecule has 0 atom stereocenters. The third-order valence-electron chi connectivity index (χ3n) is 4.22. The van der Waals surface area contributed by atoms with Crippen molar-refractivity contribution in [2.24, 2.45) is 5.92 Å². The molecule has 1 aliphatic heterocycles. The third kappa shape index (κ3) is 5.21. The fourth-order valence-corrected chi connectivity index (χ4v) is 2.92. The van der Waals surface area contributed by atoms with Crippen LogP contribution in [0.4, 0.5) is 21.9 Å². The summed E-state index contributed by atoms with van der Waals surface area (Å²) in [6, 6.07) is 13.6. The van der Waals surface area contributed by atoms with E-state index in [-0.39, 0.29) is 17.9 Å². The number of amides is 3. The Labute approximate surface area is 157 Å². The first-order valence-corrected chi connectivity index (χ1v) is 8.93. The summed E-state index contributed by atoms with van der Waals surface area (Å²) in [5.74, 6) is 0.104. The zero-order valence-electron chi connectivity index (χ0n) is 14.2. The molecule has 136 valence electrons. The van der Waals surface area contributed by atoms with Gasteiger partial charge in [0, 0.05) is 28.0 Å². The molecule has 0 aliphatic carbocycles. The average molecular weight is 373 g/mol. The first-order chi connectivity index (χ1) is 12.6. The quantitative estimate of drug-likeness (QED) is 0.656. The predicted molar refractivity (Wildman–Crippen MR) is 105 cm³/mol. The number of piperidine rings is 1. The number of nitrogens with one attached hydrogen (secondary N) is 4. The maximum atomic E-state index is 12.2. The summed E-state index contributed by atoms with van der Waals surface area (Å²) in [6.07, 6.45) is 1.71. The Kier molecular flexibility index (Phi) is 6.09.